The number of hydrogen-bond donors (Lipinski definition) is 1. The number of rotatable bonds is 11. The summed E-state index contributed by atoms with van der Waals surface area (Å²) in [7, 11) is 2.24. The summed E-state index contributed by atoms with van der Waals surface area (Å²) in [4.78, 5) is 2.46. The Morgan fingerprint density at radius 2 is 1.75 bits per heavy atom. The summed E-state index contributed by atoms with van der Waals surface area (Å²) >= 11 is 0. The molecule has 0 aromatic carbocycles. The fourth-order valence-electron chi connectivity index (χ4n) is 1.92. The Morgan fingerprint density at radius 1 is 1.00 bits per heavy atom. The van der Waals surface area contributed by atoms with E-state index in [1.54, 1.807) is 0 Å². The van der Waals surface area contributed by atoms with Crippen LogP contribution in [0.3, 0.4) is 0 Å². The molecule has 0 radical (unpaired) electrons. The predicted molar refractivity (Wildman–Crippen MR) is 74.0 cm³/mol. The van der Waals surface area contributed by atoms with Gasteiger partial charge < -0.3 is 10.2 Å². The maximum absolute atomic E-state index is 3.53. The van der Waals surface area contributed by atoms with Crippen molar-refractivity contribution in [3.8, 4) is 0 Å². The highest BCUT2D eigenvalue weighted by Crippen LogP contribution is 2.02. The summed E-state index contributed by atoms with van der Waals surface area (Å²) in [5, 5.41) is 3.53. The minimum absolute atomic E-state index is 0.729. The lowest BCUT2D eigenvalue weighted by atomic mass is 10.2. The Balaban J connectivity index is 3.23. The molecule has 0 aliphatic rings. The third kappa shape index (κ3) is 9.17. The van der Waals surface area contributed by atoms with E-state index >= 15 is 0 Å². The largest absolute Gasteiger partial charge is 0.315 e. The van der Waals surface area contributed by atoms with Crippen LogP contribution in [0.5, 0.6) is 0 Å². The Kier molecular flexibility index (Phi) is 11.3. The Labute approximate surface area is 103 Å². The maximum atomic E-state index is 3.53. The maximum Gasteiger partial charge on any atom is 0.0107 e. The Hall–Kier alpha value is -0.0800. The minimum atomic E-state index is 0.729. The number of nitrogens with zero attached hydrogens (tertiary/aromatic N) is 1. The molecule has 1 unspecified atom stereocenters. The molecule has 0 aromatic rings. The smallest absolute Gasteiger partial charge is 0.0107 e. The van der Waals surface area contributed by atoms with Crippen molar-refractivity contribution < 1.29 is 0 Å². The molecule has 0 aliphatic carbocycles. The normalized spacial score (nSPS) is 13.3. The van der Waals surface area contributed by atoms with Crippen molar-refractivity contribution in [1.82, 2.24) is 10.2 Å². The van der Waals surface area contributed by atoms with Crippen LogP contribution in [0, 0.1) is 0 Å². The number of nitrogens with one attached hydrogen (secondary N) is 1. The van der Waals surface area contributed by atoms with E-state index in [1.807, 2.05) is 0 Å². The molecular formula is C14H32N2. The fourth-order valence-corrected chi connectivity index (χ4v) is 1.92. The second-order valence-electron chi connectivity index (χ2n) is 4.93. The van der Waals surface area contributed by atoms with Crippen LogP contribution in [-0.2, 0) is 0 Å². The first-order chi connectivity index (χ1) is 7.72. The van der Waals surface area contributed by atoms with Gasteiger partial charge in [0.05, 0.1) is 0 Å². The third-order valence-electron chi connectivity index (χ3n) is 3.31. The van der Waals surface area contributed by atoms with Gasteiger partial charge in [-0.05, 0) is 33.4 Å². The molecule has 0 spiro atoms. The summed E-state index contributed by atoms with van der Waals surface area (Å²) < 4.78 is 0. The molecule has 0 saturated carbocycles. The van der Waals surface area contributed by atoms with Crippen LogP contribution >= 0.6 is 0 Å². The molecule has 0 aliphatic heterocycles. The van der Waals surface area contributed by atoms with Crippen LogP contribution in [0.1, 0.15) is 59.3 Å². The highest BCUT2D eigenvalue weighted by Gasteiger charge is 2.06. The fraction of sp³-hybridized carbons (Fsp3) is 1.00. The quantitative estimate of drug-likeness (QED) is 0.546. The summed E-state index contributed by atoms with van der Waals surface area (Å²) in [6, 6.07) is 0.729. The topological polar surface area (TPSA) is 15.3 Å². The Bertz CT molecular complexity index is 137. The molecule has 0 heterocycles. The first-order valence-corrected chi connectivity index (χ1v) is 7.13. The van der Waals surface area contributed by atoms with E-state index < -0.39 is 0 Å². The van der Waals surface area contributed by atoms with Gasteiger partial charge in [-0.3, -0.25) is 0 Å². The summed E-state index contributed by atoms with van der Waals surface area (Å²) in [6.45, 7) is 10.3. The van der Waals surface area contributed by atoms with Gasteiger partial charge in [0.1, 0.15) is 0 Å². The van der Waals surface area contributed by atoms with E-state index in [-0.39, 0.29) is 0 Å². The van der Waals surface area contributed by atoms with Crippen LogP contribution < -0.4 is 5.32 Å². The van der Waals surface area contributed by atoms with Crippen LogP contribution in [0.4, 0.5) is 0 Å². The summed E-state index contributed by atoms with van der Waals surface area (Å²) in [6.07, 6.45) is 8.03. The molecule has 0 bridgehead atoms. The van der Waals surface area contributed by atoms with Crippen molar-refractivity contribution in [3.63, 3.8) is 0 Å². The molecule has 0 amide bonds. The molecule has 0 aromatic heterocycles. The average molecular weight is 228 g/mol. The minimum Gasteiger partial charge on any atom is -0.315 e. The van der Waals surface area contributed by atoms with E-state index in [9.17, 15) is 0 Å². The van der Waals surface area contributed by atoms with Gasteiger partial charge in [0.25, 0.3) is 0 Å². The van der Waals surface area contributed by atoms with E-state index in [0.717, 1.165) is 12.6 Å². The summed E-state index contributed by atoms with van der Waals surface area (Å²) in [5.41, 5.74) is 0. The van der Waals surface area contributed by atoms with Gasteiger partial charge in [0, 0.05) is 19.1 Å². The van der Waals surface area contributed by atoms with Gasteiger partial charge in [-0.2, -0.15) is 0 Å². The van der Waals surface area contributed by atoms with Gasteiger partial charge in [-0.15, -0.1) is 0 Å². The lowest BCUT2D eigenvalue weighted by Crippen LogP contribution is -2.35. The lowest BCUT2D eigenvalue weighted by Gasteiger charge is -2.24. The molecule has 0 fully saturated rings. The molecule has 16 heavy (non-hydrogen) atoms. The number of hydrogen-bond acceptors (Lipinski definition) is 2. The van der Waals surface area contributed by atoms with Gasteiger partial charge >= 0.3 is 0 Å². The molecule has 1 N–H and O–H groups in total. The van der Waals surface area contributed by atoms with Crippen LogP contribution in [0.25, 0.3) is 0 Å². The second kappa shape index (κ2) is 11.4. The molecule has 2 heteroatoms. The van der Waals surface area contributed by atoms with Crippen molar-refractivity contribution in [3.05, 3.63) is 0 Å². The van der Waals surface area contributed by atoms with Crippen molar-refractivity contribution in [2.45, 2.75) is 65.3 Å². The monoisotopic (exact) mass is 228 g/mol. The SMILES string of the molecule is CCCCCCNCCN(C)C(C)CCC. The van der Waals surface area contributed by atoms with E-state index in [4.69, 9.17) is 0 Å². The molecular weight excluding hydrogens is 196 g/mol. The standard InChI is InChI=1S/C14H32N2/c1-5-7-8-9-11-15-12-13-16(4)14(3)10-6-2/h14-15H,5-13H2,1-4H3. The van der Waals surface area contributed by atoms with Gasteiger partial charge in [0.2, 0.25) is 0 Å². The Morgan fingerprint density at radius 3 is 2.38 bits per heavy atom. The van der Waals surface area contributed by atoms with Gasteiger partial charge in [-0.25, -0.2) is 0 Å². The predicted octanol–water partition coefficient (Wildman–Crippen LogP) is 3.28. The zero-order valence-electron chi connectivity index (χ0n) is 11.9. The molecule has 0 saturated heterocycles. The summed E-state index contributed by atoms with van der Waals surface area (Å²) in [5.74, 6) is 0. The zero-order chi connectivity index (χ0) is 12.2. The van der Waals surface area contributed by atoms with Crippen LogP contribution in [-0.4, -0.2) is 37.6 Å². The zero-order valence-corrected chi connectivity index (χ0v) is 11.9. The highest BCUT2D eigenvalue weighted by atomic mass is 15.1. The van der Waals surface area contributed by atoms with Crippen molar-refractivity contribution >= 4 is 0 Å². The molecule has 1 atom stereocenters. The molecule has 0 rings (SSSR count). The van der Waals surface area contributed by atoms with E-state index in [1.165, 1.54) is 51.6 Å². The first kappa shape index (κ1) is 15.9. The molecule has 98 valence electrons. The second-order valence-corrected chi connectivity index (χ2v) is 4.93. The van der Waals surface area contributed by atoms with Crippen molar-refractivity contribution in [2.75, 3.05) is 26.7 Å². The first-order valence-electron chi connectivity index (χ1n) is 7.13. The molecule has 2 nitrogen and oxygen atoms in total. The third-order valence-corrected chi connectivity index (χ3v) is 3.31. The van der Waals surface area contributed by atoms with E-state index in [2.05, 4.69) is 38.0 Å². The van der Waals surface area contributed by atoms with E-state index in [0.29, 0.717) is 0 Å². The van der Waals surface area contributed by atoms with Crippen LogP contribution in [0.15, 0.2) is 0 Å². The average Bonchev–Trinajstić information content (AvgIpc) is 2.28. The van der Waals surface area contributed by atoms with Gasteiger partial charge in [-0.1, -0.05) is 39.5 Å². The highest BCUT2D eigenvalue weighted by molar-refractivity contribution is 4.63. The van der Waals surface area contributed by atoms with Crippen molar-refractivity contribution in [1.29, 1.82) is 0 Å². The number of likely N-dealkylation sites (N-methyl/N-ethyl adjacent to an activating group) is 1. The van der Waals surface area contributed by atoms with Gasteiger partial charge in [0.15, 0.2) is 0 Å². The number of unbranched alkanes of at least 4 members (excludes halogenated alkanes) is 3. The van der Waals surface area contributed by atoms with Crippen molar-refractivity contribution in [2.24, 2.45) is 0 Å². The lowest BCUT2D eigenvalue weighted by molar-refractivity contribution is 0.245. The van der Waals surface area contributed by atoms with Crippen LogP contribution in [0.2, 0.25) is 0 Å².